The third-order valence-corrected chi connectivity index (χ3v) is 2.63. The van der Waals surface area contributed by atoms with E-state index in [2.05, 4.69) is 0 Å². The van der Waals surface area contributed by atoms with Crippen LogP contribution < -0.4 is 0 Å². The second kappa shape index (κ2) is 5.50. The van der Waals surface area contributed by atoms with Gasteiger partial charge in [-0.25, -0.2) is 0 Å². The Morgan fingerprint density at radius 1 is 1.47 bits per heavy atom. The van der Waals surface area contributed by atoms with Gasteiger partial charge in [0.2, 0.25) is 0 Å². The number of carbonyl (C=O) groups is 1. The molecule has 84 valence electrons. The van der Waals surface area contributed by atoms with Crippen molar-refractivity contribution in [2.24, 2.45) is 17.8 Å². The van der Waals surface area contributed by atoms with E-state index in [9.17, 15) is 4.79 Å². The van der Waals surface area contributed by atoms with Gasteiger partial charge in [0, 0.05) is 6.61 Å². The van der Waals surface area contributed by atoms with Crippen molar-refractivity contribution in [3.63, 3.8) is 0 Å². The van der Waals surface area contributed by atoms with Crippen molar-refractivity contribution in [1.82, 2.24) is 0 Å². The molecule has 1 aliphatic carbocycles. The van der Waals surface area contributed by atoms with E-state index < -0.39 is 6.29 Å². The standard InChI is InChI=1S/C12H18O3/c1-5-14-10(4)15-12(13)11-7-8(2)6-9(11)3/h2-3,8-11H,5-7H2,1,4H3. The zero-order valence-corrected chi connectivity index (χ0v) is 9.31. The van der Waals surface area contributed by atoms with Crippen LogP contribution in [0.1, 0.15) is 26.7 Å². The van der Waals surface area contributed by atoms with E-state index >= 15 is 0 Å². The molecule has 3 heteroatoms. The third-order valence-electron chi connectivity index (χ3n) is 2.63. The monoisotopic (exact) mass is 210 g/mol. The lowest BCUT2D eigenvalue weighted by Crippen LogP contribution is -2.25. The highest BCUT2D eigenvalue weighted by Crippen LogP contribution is 2.36. The highest BCUT2D eigenvalue weighted by Gasteiger charge is 2.35. The minimum Gasteiger partial charge on any atom is -0.436 e. The van der Waals surface area contributed by atoms with Crippen molar-refractivity contribution in [1.29, 1.82) is 0 Å². The Kier molecular flexibility index (Phi) is 4.58. The average Bonchev–Trinajstić information content (AvgIpc) is 2.45. The van der Waals surface area contributed by atoms with Gasteiger partial charge in [0.15, 0.2) is 6.29 Å². The lowest BCUT2D eigenvalue weighted by atomic mass is 9.99. The molecule has 4 radical (unpaired) electrons. The average molecular weight is 210 g/mol. The fraction of sp³-hybridized carbons (Fsp3) is 0.750. The van der Waals surface area contributed by atoms with Crippen molar-refractivity contribution in [2.45, 2.75) is 33.0 Å². The number of hydrogen-bond donors (Lipinski definition) is 0. The summed E-state index contributed by atoms with van der Waals surface area (Å²) in [5, 5.41) is 0. The van der Waals surface area contributed by atoms with Crippen LogP contribution in [0.25, 0.3) is 0 Å². The fourth-order valence-electron chi connectivity index (χ4n) is 1.90. The quantitative estimate of drug-likeness (QED) is 0.525. The van der Waals surface area contributed by atoms with Crippen molar-refractivity contribution in [3.8, 4) is 0 Å². The molecule has 0 aliphatic heterocycles. The van der Waals surface area contributed by atoms with Gasteiger partial charge in [0.1, 0.15) is 0 Å². The second-order valence-electron chi connectivity index (χ2n) is 3.96. The lowest BCUT2D eigenvalue weighted by molar-refractivity contribution is -0.179. The molecule has 0 aromatic carbocycles. The number of ether oxygens (including phenoxy) is 2. The number of esters is 1. The zero-order valence-electron chi connectivity index (χ0n) is 9.31. The molecule has 0 aromatic rings. The van der Waals surface area contributed by atoms with Gasteiger partial charge in [-0.15, -0.1) is 0 Å². The molecule has 0 heterocycles. The van der Waals surface area contributed by atoms with Gasteiger partial charge in [-0.1, -0.05) is 0 Å². The van der Waals surface area contributed by atoms with Gasteiger partial charge in [0.25, 0.3) is 0 Å². The molecule has 0 aromatic heterocycles. The summed E-state index contributed by atoms with van der Waals surface area (Å²) in [6.45, 7) is 15.6. The van der Waals surface area contributed by atoms with E-state index in [-0.39, 0.29) is 23.7 Å². The van der Waals surface area contributed by atoms with Crippen molar-refractivity contribution < 1.29 is 14.3 Å². The molecule has 0 spiro atoms. The van der Waals surface area contributed by atoms with E-state index in [1.54, 1.807) is 6.92 Å². The van der Waals surface area contributed by atoms with Crippen LogP contribution in [-0.4, -0.2) is 18.9 Å². The third kappa shape index (κ3) is 3.49. The van der Waals surface area contributed by atoms with Crippen LogP contribution in [0, 0.1) is 31.6 Å². The van der Waals surface area contributed by atoms with Crippen LogP contribution in [0.4, 0.5) is 0 Å². The van der Waals surface area contributed by atoms with Crippen LogP contribution in [0.5, 0.6) is 0 Å². The number of hydrogen-bond acceptors (Lipinski definition) is 3. The van der Waals surface area contributed by atoms with E-state index in [4.69, 9.17) is 23.3 Å². The van der Waals surface area contributed by atoms with Crippen LogP contribution in [0.15, 0.2) is 0 Å². The first kappa shape index (κ1) is 12.5. The molecule has 3 nitrogen and oxygen atoms in total. The Labute approximate surface area is 92.1 Å². The van der Waals surface area contributed by atoms with Crippen molar-refractivity contribution in [3.05, 3.63) is 13.8 Å². The molecule has 0 saturated heterocycles. The molecule has 0 bridgehead atoms. The highest BCUT2D eigenvalue weighted by atomic mass is 16.7. The summed E-state index contributed by atoms with van der Waals surface area (Å²) in [7, 11) is 0. The normalized spacial score (nSPS) is 32.7. The molecule has 4 unspecified atom stereocenters. The second-order valence-corrected chi connectivity index (χ2v) is 3.96. The van der Waals surface area contributed by atoms with Crippen LogP contribution in [0.3, 0.4) is 0 Å². The SMILES string of the molecule is [CH]C1CC([CH])C(C(=O)OC(C)OCC)C1. The maximum absolute atomic E-state index is 11.6. The topological polar surface area (TPSA) is 35.5 Å². The molecule has 4 atom stereocenters. The first-order chi connectivity index (χ1) is 7.04. The van der Waals surface area contributed by atoms with E-state index in [1.807, 2.05) is 6.92 Å². The smallest absolute Gasteiger partial charge is 0.311 e. The molecular weight excluding hydrogens is 192 g/mol. The van der Waals surface area contributed by atoms with Gasteiger partial charge < -0.3 is 9.47 Å². The Morgan fingerprint density at radius 3 is 2.60 bits per heavy atom. The number of carbonyl (C=O) groups excluding carboxylic acids is 1. The Hall–Kier alpha value is -0.570. The molecule has 1 aliphatic rings. The predicted octanol–water partition coefficient (Wildman–Crippen LogP) is 1.98. The summed E-state index contributed by atoms with van der Waals surface area (Å²) in [6.07, 6.45) is 0.785. The lowest BCUT2D eigenvalue weighted by Gasteiger charge is -2.18. The summed E-state index contributed by atoms with van der Waals surface area (Å²) in [6, 6.07) is 0. The molecule has 0 N–H and O–H groups in total. The van der Waals surface area contributed by atoms with E-state index in [0.717, 1.165) is 0 Å². The summed E-state index contributed by atoms with van der Waals surface area (Å²) in [5.41, 5.74) is 0. The van der Waals surface area contributed by atoms with Crippen LogP contribution in [-0.2, 0) is 14.3 Å². The first-order valence-electron chi connectivity index (χ1n) is 5.37. The van der Waals surface area contributed by atoms with Gasteiger partial charge >= 0.3 is 5.97 Å². The Balaban J connectivity index is 2.40. The van der Waals surface area contributed by atoms with Gasteiger partial charge in [0.05, 0.1) is 5.92 Å². The van der Waals surface area contributed by atoms with E-state index in [0.29, 0.717) is 19.4 Å². The molecular formula is C12H18O3. The first-order valence-corrected chi connectivity index (χ1v) is 5.37. The Morgan fingerprint density at radius 2 is 2.13 bits per heavy atom. The minimum absolute atomic E-state index is 0.0138. The van der Waals surface area contributed by atoms with Gasteiger partial charge in [-0.05, 0) is 52.4 Å². The molecule has 0 amide bonds. The largest absolute Gasteiger partial charge is 0.436 e. The summed E-state index contributed by atoms with van der Waals surface area (Å²) in [5.74, 6) is -0.736. The predicted molar refractivity (Wildman–Crippen MR) is 55.5 cm³/mol. The highest BCUT2D eigenvalue weighted by molar-refractivity contribution is 5.73. The van der Waals surface area contributed by atoms with Gasteiger partial charge in [-0.3, -0.25) is 4.79 Å². The molecule has 1 saturated carbocycles. The molecule has 1 fully saturated rings. The maximum Gasteiger partial charge on any atom is 0.311 e. The Bertz CT molecular complexity index is 215. The molecule has 1 rings (SSSR count). The van der Waals surface area contributed by atoms with E-state index in [1.165, 1.54) is 0 Å². The minimum atomic E-state index is -0.508. The van der Waals surface area contributed by atoms with Crippen LogP contribution in [0.2, 0.25) is 0 Å². The number of rotatable bonds is 4. The summed E-state index contributed by atoms with van der Waals surface area (Å²) < 4.78 is 10.2. The molecule has 15 heavy (non-hydrogen) atoms. The fourth-order valence-corrected chi connectivity index (χ4v) is 1.90. The van der Waals surface area contributed by atoms with Crippen molar-refractivity contribution in [2.75, 3.05) is 6.61 Å². The van der Waals surface area contributed by atoms with Crippen LogP contribution >= 0.6 is 0 Å². The summed E-state index contributed by atoms with van der Waals surface area (Å²) in [4.78, 5) is 11.6. The summed E-state index contributed by atoms with van der Waals surface area (Å²) >= 11 is 0. The maximum atomic E-state index is 11.6. The zero-order chi connectivity index (χ0) is 11.4. The van der Waals surface area contributed by atoms with Gasteiger partial charge in [-0.2, -0.15) is 0 Å². The van der Waals surface area contributed by atoms with Crippen molar-refractivity contribution >= 4 is 5.97 Å².